The quantitative estimate of drug-likeness (QED) is 0.784. The molecule has 1 aromatic heterocycles. The Morgan fingerprint density at radius 2 is 2.16 bits per heavy atom. The SMILES string of the molecule is O=C(N[C@H]1COc2cc(F)cc(F)c2NC1=O)c1nc2n(n1)CC[C@@H]2C1C=CC=CC1. The van der Waals surface area contributed by atoms with Crippen LogP contribution < -0.4 is 15.4 Å². The molecule has 0 saturated heterocycles. The standard InChI is InChI=1S/C21H19F2N5O3/c22-12-8-14(23)17-16(9-12)31-10-15(20(29)25-17)24-21(30)18-26-19-13(6-7-28(19)27-18)11-4-2-1-3-5-11/h1-4,8-9,11,13,15H,5-7,10H2,(H,24,30)(H,25,29)/t11?,13-,15+/m1/s1. The van der Waals surface area contributed by atoms with Gasteiger partial charge in [-0.25, -0.2) is 18.4 Å². The van der Waals surface area contributed by atoms with Gasteiger partial charge in [0.15, 0.2) is 5.82 Å². The first-order chi connectivity index (χ1) is 15.0. The number of hydrogen-bond acceptors (Lipinski definition) is 5. The molecule has 3 heterocycles. The molecule has 0 radical (unpaired) electrons. The zero-order chi connectivity index (χ0) is 21.5. The first kappa shape index (κ1) is 19.4. The fraction of sp³-hybridized carbons (Fsp3) is 0.333. The van der Waals surface area contributed by atoms with Gasteiger partial charge in [-0.05, 0) is 18.8 Å². The minimum absolute atomic E-state index is 0.0400. The van der Waals surface area contributed by atoms with E-state index in [1.807, 2.05) is 12.2 Å². The summed E-state index contributed by atoms with van der Waals surface area (Å²) in [5.41, 5.74) is -0.264. The highest BCUT2D eigenvalue weighted by molar-refractivity contribution is 6.01. The van der Waals surface area contributed by atoms with E-state index < -0.39 is 29.5 Å². The van der Waals surface area contributed by atoms with Gasteiger partial charge in [0.05, 0.1) is 0 Å². The summed E-state index contributed by atoms with van der Waals surface area (Å²) in [5.74, 6) is -2.05. The Balaban J connectivity index is 1.30. The molecule has 0 bridgehead atoms. The summed E-state index contributed by atoms with van der Waals surface area (Å²) in [6.45, 7) is 0.379. The zero-order valence-electron chi connectivity index (χ0n) is 16.3. The molecule has 10 heteroatoms. The summed E-state index contributed by atoms with van der Waals surface area (Å²) in [4.78, 5) is 29.6. The summed E-state index contributed by atoms with van der Waals surface area (Å²) in [7, 11) is 0. The second kappa shape index (κ2) is 7.60. The number of hydrogen-bond donors (Lipinski definition) is 2. The minimum atomic E-state index is -1.12. The predicted molar refractivity (Wildman–Crippen MR) is 106 cm³/mol. The van der Waals surface area contributed by atoms with Crippen molar-refractivity contribution in [2.24, 2.45) is 5.92 Å². The number of nitrogens with zero attached hydrogens (tertiary/aromatic N) is 3. The van der Waals surface area contributed by atoms with E-state index >= 15 is 0 Å². The Morgan fingerprint density at radius 3 is 2.97 bits per heavy atom. The van der Waals surface area contributed by atoms with Crippen LogP contribution in [0.5, 0.6) is 5.75 Å². The monoisotopic (exact) mass is 427 g/mol. The average Bonchev–Trinajstić information content (AvgIpc) is 3.30. The van der Waals surface area contributed by atoms with Crippen molar-refractivity contribution in [1.82, 2.24) is 20.1 Å². The van der Waals surface area contributed by atoms with E-state index in [0.29, 0.717) is 18.5 Å². The van der Waals surface area contributed by atoms with Gasteiger partial charge in [0.25, 0.3) is 11.8 Å². The number of carbonyl (C=O) groups excluding carboxylic acids is 2. The van der Waals surface area contributed by atoms with Crippen molar-refractivity contribution >= 4 is 17.5 Å². The number of rotatable bonds is 3. The zero-order valence-corrected chi connectivity index (χ0v) is 16.3. The Labute approximate surface area is 176 Å². The second-order valence-electron chi connectivity index (χ2n) is 7.71. The molecule has 31 heavy (non-hydrogen) atoms. The van der Waals surface area contributed by atoms with Crippen LogP contribution in [0.25, 0.3) is 0 Å². The Bertz CT molecular complexity index is 1130. The maximum Gasteiger partial charge on any atom is 0.291 e. The molecule has 3 aliphatic rings. The number of fused-ring (bicyclic) bond motifs is 2. The third-order valence-electron chi connectivity index (χ3n) is 5.71. The molecular formula is C21H19F2N5O3. The van der Waals surface area contributed by atoms with Crippen LogP contribution in [-0.2, 0) is 11.3 Å². The topological polar surface area (TPSA) is 98.1 Å². The van der Waals surface area contributed by atoms with Gasteiger partial charge in [-0.3, -0.25) is 9.59 Å². The lowest BCUT2D eigenvalue weighted by molar-refractivity contribution is -0.118. The number of aromatic nitrogens is 3. The highest BCUT2D eigenvalue weighted by Crippen LogP contribution is 2.37. The lowest BCUT2D eigenvalue weighted by atomic mass is 9.86. The molecule has 1 unspecified atom stereocenters. The number of anilines is 1. The second-order valence-corrected chi connectivity index (χ2v) is 7.71. The molecule has 0 saturated carbocycles. The van der Waals surface area contributed by atoms with Gasteiger partial charge in [0.1, 0.15) is 35.7 Å². The summed E-state index contributed by atoms with van der Waals surface area (Å²) in [5, 5.41) is 9.14. The highest BCUT2D eigenvalue weighted by atomic mass is 19.1. The third kappa shape index (κ3) is 3.58. The summed E-state index contributed by atoms with van der Waals surface area (Å²) >= 11 is 0. The van der Waals surface area contributed by atoms with Crippen molar-refractivity contribution in [1.29, 1.82) is 0 Å². The maximum absolute atomic E-state index is 14.0. The van der Waals surface area contributed by atoms with Crippen molar-refractivity contribution in [2.45, 2.75) is 31.3 Å². The summed E-state index contributed by atoms with van der Waals surface area (Å²) in [6.07, 6.45) is 10.1. The fourth-order valence-corrected chi connectivity index (χ4v) is 4.16. The Hall–Kier alpha value is -3.56. The molecule has 1 aromatic carbocycles. The molecule has 160 valence electrons. The number of allylic oxidation sites excluding steroid dienone is 4. The largest absolute Gasteiger partial charge is 0.488 e. The molecule has 1 aliphatic carbocycles. The first-order valence-corrected chi connectivity index (χ1v) is 10.0. The van der Waals surface area contributed by atoms with E-state index in [-0.39, 0.29) is 29.8 Å². The van der Waals surface area contributed by atoms with Crippen LogP contribution in [0.1, 0.15) is 35.2 Å². The normalized spacial score (nSPS) is 24.1. The third-order valence-corrected chi connectivity index (χ3v) is 5.71. The number of ether oxygens (including phenoxy) is 1. The highest BCUT2D eigenvalue weighted by Gasteiger charge is 2.34. The van der Waals surface area contributed by atoms with Gasteiger partial charge in [-0.2, -0.15) is 0 Å². The molecule has 2 aromatic rings. The summed E-state index contributed by atoms with van der Waals surface area (Å²) < 4.78 is 34.5. The van der Waals surface area contributed by atoms with E-state index in [9.17, 15) is 18.4 Å². The Morgan fingerprint density at radius 1 is 1.29 bits per heavy atom. The minimum Gasteiger partial charge on any atom is -0.488 e. The van der Waals surface area contributed by atoms with Gasteiger partial charge in [-0.15, -0.1) is 5.10 Å². The number of halogens is 2. The van der Waals surface area contributed by atoms with Crippen LogP contribution in [-0.4, -0.2) is 39.2 Å². The van der Waals surface area contributed by atoms with E-state index in [4.69, 9.17) is 4.74 Å². The number of aryl methyl sites for hydroxylation is 1. The van der Waals surface area contributed by atoms with Crippen molar-refractivity contribution in [3.63, 3.8) is 0 Å². The molecular weight excluding hydrogens is 408 g/mol. The van der Waals surface area contributed by atoms with Crippen LogP contribution in [0, 0.1) is 17.6 Å². The van der Waals surface area contributed by atoms with Gasteiger partial charge in [0.2, 0.25) is 5.82 Å². The smallest absolute Gasteiger partial charge is 0.291 e. The van der Waals surface area contributed by atoms with E-state index in [1.165, 1.54) is 0 Å². The van der Waals surface area contributed by atoms with Crippen molar-refractivity contribution < 1.29 is 23.1 Å². The van der Waals surface area contributed by atoms with Gasteiger partial charge in [0, 0.05) is 24.6 Å². The molecule has 2 amide bonds. The van der Waals surface area contributed by atoms with Crippen molar-refractivity contribution in [3.8, 4) is 5.75 Å². The van der Waals surface area contributed by atoms with E-state index in [1.54, 1.807) is 4.68 Å². The van der Waals surface area contributed by atoms with Gasteiger partial charge in [-0.1, -0.05) is 24.3 Å². The van der Waals surface area contributed by atoms with E-state index in [0.717, 1.165) is 24.7 Å². The van der Waals surface area contributed by atoms with Crippen LogP contribution in [0.3, 0.4) is 0 Å². The number of nitrogens with one attached hydrogen (secondary N) is 2. The fourth-order valence-electron chi connectivity index (χ4n) is 4.16. The lowest BCUT2D eigenvalue weighted by Crippen LogP contribution is -2.46. The van der Waals surface area contributed by atoms with Crippen LogP contribution in [0.4, 0.5) is 14.5 Å². The molecule has 2 N–H and O–H groups in total. The van der Waals surface area contributed by atoms with Crippen molar-refractivity contribution in [3.05, 3.63) is 59.7 Å². The first-order valence-electron chi connectivity index (χ1n) is 10.0. The molecule has 8 nitrogen and oxygen atoms in total. The van der Waals surface area contributed by atoms with Gasteiger partial charge >= 0.3 is 0 Å². The van der Waals surface area contributed by atoms with Crippen molar-refractivity contribution in [2.75, 3.05) is 11.9 Å². The van der Waals surface area contributed by atoms with Crippen LogP contribution >= 0.6 is 0 Å². The molecule has 0 spiro atoms. The molecule has 2 aliphatic heterocycles. The number of amides is 2. The number of benzene rings is 1. The molecule has 0 fully saturated rings. The lowest BCUT2D eigenvalue weighted by Gasteiger charge is -2.18. The van der Waals surface area contributed by atoms with Crippen LogP contribution in [0.15, 0.2) is 36.4 Å². The van der Waals surface area contributed by atoms with Crippen LogP contribution in [0.2, 0.25) is 0 Å². The number of carbonyl (C=O) groups is 2. The molecule has 5 rings (SSSR count). The Kier molecular flexibility index (Phi) is 4.76. The van der Waals surface area contributed by atoms with E-state index in [2.05, 4.69) is 32.9 Å². The predicted octanol–water partition coefficient (Wildman–Crippen LogP) is 2.31. The summed E-state index contributed by atoms with van der Waals surface area (Å²) in [6, 6.07) is 0.494. The molecule has 3 atom stereocenters. The van der Waals surface area contributed by atoms with Gasteiger partial charge < -0.3 is 15.4 Å². The maximum atomic E-state index is 14.0. The average molecular weight is 427 g/mol.